The van der Waals surface area contributed by atoms with Crippen molar-refractivity contribution in [2.24, 2.45) is 0 Å². The number of aromatic nitrogens is 2. The number of carbonyl (C=O) groups is 1. The average molecular weight is 317 g/mol. The van der Waals surface area contributed by atoms with E-state index >= 15 is 0 Å². The number of aromatic hydroxyl groups is 1. The van der Waals surface area contributed by atoms with Crippen LogP contribution in [-0.2, 0) is 0 Å². The van der Waals surface area contributed by atoms with Crippen LogP contribution >= 0.6 is 23.2 Å². The lowest BCUT2D eigenvalue weighted by molar-refractivity contribution is -0.385. The summed E-state index contributed by atoms with van der Waals surface area (Å²) in [7, 11) is 0. The molecule has 104 valence electrons. The van der Waals surface area contributed by atoms with Gasteiger partial charge in [0, 0.05) is 5.69 Å². The molecule has 8 nitrogen and oxygen atoms in total. The number of hydrogen-bond donors (Lipinski definition) is 3. The summed E-state index contributed by atoms with van der Waals surface area (Å²) in [4.78, 5) is 21.8. The number of amides is 1. The van der Waals surface area contributed by atoms with Crippen LogP contribution in [0.25, 0.3) is 0 Å². The number of nitrogens with one attached hydrogen (secondary N) is 2. The zero-order chi connectivity index (χ0) is 14.9. The van der Waals surface area contributed by atoms with Gasteiger partial charge in [0.15, 0.2) is 5.75 Å². The third-order valence-corrected chi connectivity index (χ3v) is 2.89. The third kappa shape index (κ3) is 2.65. The van der Waals surface area contributed by atoms with Crippen LogP contribution in [0.2, 0.25) is 10.0 Å². The van der Waals surface area contributed by atoms with Gasteiger partial charge in [-0.15, -0.1) is 0 Å². The number of rotatable bonds is 3. The van der Waals surface area contributed by atoms with Crippen molar-refractivity contribution >= 4 is 40.5 Å². The molecule has 0 saturated heterocycles. The lowest BCUT2D eigenvalue weighted by atomic mass is 10.2. The van der Waals surface area contributed by atoms with E-state index in [1.807, 2.05) is 0 Å². The Morgan fingerprint density at radius 3 is 2.55 bits per heavy atom. The van der Waals surface area contributed by atoms with Crippen LogP contribution in [0.5, 0.6) is 5.75 Å². The van der Waals surface area contributed by atoms with Crippen molar-refractivity contribution in [3.8, 4) is 5.75 Å². The molecule has 20 heavy (non-hydrogen) atoms. The summed E-state index contributed by atoms with van der Waals surface area (Å²) >= 11 is 11.4. The molecule has 1 aromatic heterocycles. The van der Waals surface area contributed by atoms with E-state index in [2.05, 4.69) is 15.5 Å². The number of carbonyl (C=O) groups excluding carboxylic acids is 1. The van der Waals surface area contributed by atoms with E-state index in [0.29, 0.717) is 0 Å². The molecule has 1 amide bonds. The molecule has 0 bridgehead atoms. The molecule has 0 aliphatic heterocycles. The fourth-order valence-electron chi connectivity index (χ4n) is 1.42. The number of anilines is 1. The van der Waals surface area contributed by atoms with Crippen LogP contribution in [-0.4, -0.2) is 26.1 Å². The molecule has 0 atom stereocenters. The number of nitro groups is 1. The maximum absolute atomic E-state index is 11.9. The van der Waals surface area contributed by atoms with E-state index < -0.39 is 16.5 Å². The topological polar surface area (TPSA) is 121 Å². The van der Waals surface area contributed by atoms with Gasteiger partial charge >= 0.3 is 5.69 Å². The Balaban J connectivity index is 2.28. The predicted octanol–water partition coefficient (Wildman–Crippen LogP) is 2.58. The number of phenolic OH excluding ortho intramolecular Hbond substituents is 1. The number of hydrogen-bond acceptors (Lipinski definition) is 5. The van der Waals surface area contributed by atoms with Gasteiger partial charge in [0.1, 0.15) is 6.20 Å². The number of aromatic amines is 1. The van der Waals surface area contributed by atoms with Crippen molar-refractivity contribution in [3.05, 3.63) is 44.2 Å². The lowest BCUT2D eigenvalue weighted by Crippen LogP contribution is -2.14. The molecular weight excluding hydrogens is 311 g/mol. The van der Waals surface area contributed by atoms with Crippen LogP contribution in [0.4, 0.5) is 11.4 Å². The predicted molar refractivity (Wildman–Crippen MR) is 71.3 cm³/mol. The SMILES string of the molecule is O=C(Nc1cc(Cl)c(O)c(Cl)c1)c1[nH]ncc1[N+](=O)[O-]. The van der Waals surface area contributed by atoms with Crippen molar-refractivity contribution in [3.63, 3.8) is 0 Å². The second-order valence-electron chi connectivity index (χ2n) is 3.63. The van der Waals surface area contributed by atoms with Gasteiger partial charge in [-0.05, 0) is 12.1 Å². The number of benzene rings is 1. The summed E-state index contributed by atoms with van der Waals surface area (Å²) in [6.45, 7) is 0. The highest BCUT2D eigenvalue weighted by Crippen LogP contribution is 2.34. The van der Waals surface area contributed by atoms with Crippen molar-refractivity contribution in [1.82, 2.24) is 10.2 Å². The zero-order valence-corrected chi connectivity index (χ0v) is 11.1. The molecule has 1 aromatic carbocycles. The van der Waals surface area contributed by atoms with E-state index in [4.69, 9.17) is 23.2 Å². The molecule has 0 aliphatic carbocycles. The first-order valence-electron chi connectivity index (χ1n) is 5.07. The molecule has 2 rings (SSSR count). The van der Waals surface area contributed by atoms with Gasteiger partial charge in [-0.25, -0.2) is 0 Å². The highest BCUT2D eigenvalue weighted by Gasteiger charge is 2.23. The van der Waals surface area contributed by atoms with Gasteiger partial charge in [-0.1, -0.05) is 23.2 Å². The van der Waals surface area contributed by atoms with Crippen LogP contribution < -0.4 is 5.32 Å². The van der Waals surface area contributed by atoms with Gasteiger partial charge < -0.3 is 10.4 Å². The molecule has 1 heterocycles. The second kappa shape index (κ2) is 5.35. The van der Waals surface area contributed by atoms with E-state index in [1.54, 1.807) is 0 Å². The Morgan fingerprint density at radius 1 is 1.40 bits per heavy atom. The summed E-state index contributed by atoms with van der Waals surface area (Å²) in [5.74, 6) is -1.11. The third-order valence-electron chi connectivity index (χ3n) is 2.32. The number of H-pyrrole nitrogens is 1. The highest BCUT2D eigenvalue weighted by atomic mass is 35.5. The molecule has 0 unspecified atom stereocenters. The molecule has 0 radical (unpaired) electrons. The van der Waals surface area contributed by atoms with Crippen LogP contribution in [0.1, 0.15) is 10.5 Å². The van der Waals surface area contributed by atoms with Crippen molar-refractivity contribution in [2.75, 3.05) is 5.32 Å². The summed E-state index contributed by atoms with van der Waals surface area (Å²) in [5.41, 5.74) is -0.597. The molecule has 10 heteroatoms. The molecule has 0 saturated carbocycles. The van der Waals surface area contributed by atoms with Crippen molar-refractivity contribution in [1.29, 1.82) is 0 Å². The Bertz CT molecular complexity index is 677. The first-order chi connectivity index (χ1) is 9.40. The largest absolute Gasteiger partial charge is 0.505 e. The fraction of sp³-hybridized carbons (Fsp3) is 0. The maximum Gasteiger partial charge on any atom is 0.319 e. The molecule has 0 fully saturated rings. The minimum Gasteiger partial charge on any atom is -0.505 e. The Morgan fingerprint density at radius 2 is 2.00 bits per heavy atom. The minimum absolute atomic E-state index is 0.0630. The van der Waals surface area contributed by atoms with Gasteiger partial charge in [0.25, 0.3) is 5.91 Å². The summed E-state index contributed by atoms with van der Waals surface area (Å²) in [6.07, 6.45) is 0.922. The van der Waals surface area contributed by atoms with Crippen LogP contribution in [0.3, 0.4) is 0 Å². The fourth-order valence-corrected chi connectivity index (χ4v) is 1.90. The number of phenols is 1. The lowest BCUT2D eigenvalue weighted by Gasteiger charge is -2.06. The zero-order valence-electron chi connectivity index (χ0n) is 9.55. The monoisotopic (exact) mass is 316 g/mol. The van der Waals surface area contributed by atoms with E-state index in [1.165, 1.54) is 12.1 Å². The average Bonchev–Trinajstić information content (AvgIpc) is 2.85. The van der Waals surface area contributed by atoms with E-state index in [9.17, 15) is 20.0 Å². The quantitative estimate of drug-likeness (QED) is 0.456. The summed E-state index contributed by atoms with van der Waals surface area (Å²) in [5, 5.41) is 28.0. The van der Waals surface area contributed by atoms with Gasteiger partial charge in [0.05, 0.1) is 15.0 Å². The second-order valence-corrected chi connectivity index (χ2v) is 4.44. The summed E-state index contributed by atoms with van der Waals surface area (Å²) in [6, 6.07) is 2.51. The first-order valence-corrected chi connectivity index (χ1v) is 5.83. The normalized spacial score (nSPS) is 10.3. The van der Waals surface area contributed by atoms with Crippen molar-refractivity contribution < 1.29 is 14.8 Å². The number of halogens is 2. The Kier molecular flexibility index (Phi) is 3.77. The van der Waals surface area contributed by atoms with Gasteiger partial charge in [-0.3, -0.25) is 20.0 Å². The van der Waals surface area contributed by atoms with Crippen LogP contribution in [0.15, 0.2) is 18.3 Å². The Labute approximate surface area is 121 Å². The standard InChI is InChI=1S/C10H6Cl2N4O4/c11-5-1-4(2-6(12)9(5)17)14-10(18)8-7(16(19)20)3-13-15-8/h1-3,17H,(H,13,15)(H,14,18). The smallest absolute Gasteiger partial charge is 0.319 e. The Hall–Kier alpha value is -2.32. The first kappa shape index (κ1) is 14.1. The van der Waals surface area contributed by atoms with Gasteiger partial charge in [-0.2, -0.15) is 5.10 Å². The van der Waals surface area contributed by atoms with E-state index in [0.717, 1.165) is 6.20 Å². The van der Waals surface area contributed by atoms with Crippen molar-refractivity contribution in [2.45, 2.75) is 0 Å². The van der Waals surface area contributed by atoms with Crippen LogP contribution in [0, 0.1) is 10.1 Å². The molecular formula is C10H6Cl2N4O4. The molecule has 3 N–H and O–H groups in total. The number of nitrogens with zero attached hydrogens (tertiary/aromatic N) is 2. The summed E-state index contributed by atoms with van der Waals surface area (Å²) < 4.78 is 0. The van der Waals surface area contributed by atoms with Gasteiger partial charge in [0.2, 0.25) is 5.69 Å². The molecule has 2 aromatic rings. The highest BCUT2D eigenvalue weighted by molar-refractivity contribution is 6.37. The maximum atomic E-state index is 11.9. The minimum atomic E-state index is -0.785. The molecule has 0 aliphatic rings. The van der Waals surface area contributed by atoms with E-state index in [-0.39, 0.29) is 27.2 Å². The molecule has 0 spiro atoms.